The lowest BCUT2D eigenvalue weighted by atomic mass is 10.1. The van der Waals surface area contributed by atoms with Crippen LogP contribution in [-0.2, 0) is 32.8 Å². The molecule has 0 saturated heterocycles. The van der Waals surface area contributed by atoms with Crippen molar-refractivity contribution in [2.75, 3.05) is 24.2 Å². The zero-order valence-corrected chi connectivity index (χ0v) is 23.2. The van der Waals surface area contributed by atoms with Crippen molar-refractivity contribution in [2.24, 2.45) is 0 Å². The normalized spacial score (nSPS) is 11.9. The van der Waals surface area contributed by atoms with Crippen LogP contribution < -0.4 is 14.4 Å². The number of hydrogen-bond donors (Lipinski definition) is 1. The van der Waals surface area contributed by atoms with Crippen LogP contribution in [-0.4, -0.2) is 51.0 Å². The van der Waals surface area contributed by atoms with E-state index in [4.69, 9.17) is 16.3 Å². The molecule has 0 saturated carbocycles. The van der Waals surface area contributed by atoms with Gasteiger partial charge in [-0.25, -0.2) is 8.42 Å². The molecule has 8 nitrogen and oxygen atoms in total. The van der Waals surface area contributed by atoms with Crippen LogP contribution >= 0.6 is 11.6 Å². The first-order chi connectivity index (χ1) is 18.1. The van der Waals surface area contributed by atoms with Crippen LogP contribution in [0, 0.1) is 0 Å². The summed E-state index contributed by atoms with van der Waals surface area (Å²) >= 11 is 6.00. The molecular formula is C28H32ClN3O5S. The van der Waals surface area contributed by atoms with Gasteiger partial charge in [0.15, 0.2) is 0 Å². The number of carbonyl (C=O) groups excluding carboxylic acids is 2. The van der Waals surface area contributed by atoms with E-state index in [0.29, 0.717) is 29.5 Å². The molecule has 3 rings (SSSR count). The monoisotopic (exact) mass is 557 g/mol. The van der Waals surface area contributed by atoms with Crippen molar-refractivity contribution >= 4 is 39.1 Å². The Bertz CT molecular complexity index is 1320. The van der Waals surface area contributed by atoms with Crippen molar-refractivity contribution in [3.8, 4) is 5.75 Å². The van der Waals surface area contributed by atoms with Gasteiger partial charge in [-0.15, -0.1) is 0 Å². The summed E-state index contributed by atoms with van der Waals surface area (Å²) in [6.45, 7) is 1.81. The van der Waals surface area contributed by atoms with Crippen LogP contribution in [0.2, 0.25) is 5.02 Å². The number of halogens is 1. The molecule has 0 bridgehead atoms. The summed E-state index contributed by atoms with van der Waals surface area (Å²) in [5.41, 5.74) is 2.07. The molecule has 202 valence electrons. The number of carbonyl (C=O) groups is 2. The van der Waals surface area contributed by atoms with E-state index in [-0.39, 0.29) is 12.5 Å². The lowest BCUT2D eigenvalue weighted by Gasteiger charge is -2.32. The average Bonchev–Trinajstić information content (AvgIpc) is 2.91. The van der Waals surface area contributed by atoms with Gasteiger partial charge in [0.1, 0.15) is 24.9 Å². The Morgan fingerprint density at radius 3 is 2.13 bits per heavy atom. The molecule has 3 aromatic rings. The summed E-state index contributed by atoms with van der Waals surface area (Å²) in [6.07, 6.45) is 1.39. The van der Waals surface area contributed by atoms with Crippen LogP contribution in [0.1, 0.15) is 24.5 Å². The van der Waals surface area contributed by atoms with E-state index < -0.39 is 28.5 Å². The Hall–Kier alpha value is -3.56. The van der Waals surface area contributed by atoms with Crippen molar-refractivity contribution in [1.29, 1.82) is 0 Å². The first kappa shape index (κ1) is 29.0. The van der Waals surface area contributed by atoms with E-state index in [2.05, 4.69) is 5.32 Å². The van der Waals surface area contributed by atoms with E-state index >= 15 is 0 Å². The molecule has 0 aliphatic rings. The number of likely N-dealkylation sites (N-methyl/N-ethyl adjacent to an activating group) is 1. The average molecular weight is 558 g/mol. The highest BCUT2D eigenvalue weighted by Crippen LogP contribution is 2.23. The molecule has 0 radical (unpaired) electrons. The molecule has 1 N–H and O–H groups in total. The van der Waals surface area contributed by atoms with Crippen molar-refractivity contribution in [3.63, 3.8) is 0 Å². The maximum Gasteiger partial charge on any atom is 0.244 e. The summed E-state index contributed by atoms with van der Waals surface area (Å²) in [7, 11) is -2.32. The summed E-state index contributed by atoms with van der Waals surface area (Å²) in [4.78, 5) is 27.6. The number of ether oxygens (including phenoxy) is 1. The lowest BCUT2D eigenvalue weighted by Crippen LogP contribution is -2.51. The SMILES string of the molecule is CC[C@@H](C(=O)NC)N(Cc1ccc(Cl)cc1)C(=O)CN(c1ccc(OCc2ccccc2)cc1)S(C)(=O)=O. The molecule has 0 spiro atoms. The number of benzene rings is 3. The van der Waals surface area contributed by atoms with E-state index in [1.165, 1.54) is 11.9 Å². The topological polar surface area (TPSA) is 96.0 Å². The predicted molar refractivity (Wildman–Crippen MR) is 150 cm³/mol. The van der Waals surface area contributed by atoms with Gasteiger partial charge < -0.3 is 15.0 Å². The Balaban J connectivity index is 1.83. The zero-order valence-electron chi connectivity index (χ0n) is 21.6. The second kappa shape index (κ2) is 13.3. The summed E-state index contributed by atoms with van der Waals surface area (Å²) in [5.74, 6) is -0.279. The Kier molecular flexibility index (Phi) is 10.2. The molecule has 0 heterocycles. The van der Waals surface area contributed by atoms with Crippen LogP contribution in [0.5, 0.6) is 5.75 Å². The van der Waals surface area contributed by atoms with Crippen LogP contribution in [0.4, 0.5) is 5.69 Å². The Morgan fingerprint density at radius 2 is 1.58 bits per heavy atom. The lowest BCUT2D eigenvalue weighted by molar-refractivity contribution is -0.140. The van der Waals surface area contributed by atoms with Gasteiger partial charge in [0.05, 0.1) is 11.9 Å². The summed E-state index contributed by atoms with van der Waals surface area (Å²) in [6, 6.07) is 22.3. The van der Waals surface area contributed by atoms with Gasteiger partial charge in [-0.1, -0.05) is 61.0 Å². The standard InChI is InChI=1S/C28H32ClN3O5S/c1-4-26(28(34)30-2)31(18-21-10-12-23(29)13-11-21)27(33)19-32(38(3,35)36)24-14-16-25(17-15-24)37-20-22-8-6-5-7-9-22/h5-17,26H,4,18-20H2,1-3H3,(H,30,34)/t26-/m0/s1. The number of sulfonamides is 1. The third kappa shape index (κ3) is 7.97. The van der Waals surface area contributed by atoms with Crippen LogP contribution in [0.3, 0.4) is 0 Å². The first-order valence-electron chi connectivity index (χ1n) is 12.1. The van der Waals surface area contributed by atoms with Crippen LogP contribution in [0.25, 0.3) is 0 Å². The number of amides is 2. The predicted octanol–water partition coefficient (Wildman–Crippen LogP) is 4.24. The van der Waals surface area contributed by atoms with Gasteiger partial charge in [-0.05, 0) is 53.9 Å². The van der Waals surface area contributed by atoms with E-state index in [0.717, 1.165) is 21.7 Å². The number of anilines is 1. The van der Waals surface area contributed by atoms with Gasteiger partial charge in [-0.2, -0.15) is 0 Å². The maximum atomic E-state index is 13.6. The number of rotatable bonds is 12. The van der Waals surface area contributed by atoms with E-state index in [9.17, 15) is 18.0 Å². The molecule has 0 unspecified atom stereocenters. The first-order valence-corrected chi connectivity index (χ1v) is 14.3. The van der Waals surface area contributed by atoms with E-state index in [1.807, 2.05) is 30.3 Å². The zero-order chi connectivity index (χ0) is 27.7. The third-order valence-corrected chi connectivity index (χ3v) is 7.34. The summed E-state index contributed by atoms with van der Waals surface area (Å²) < 4.78 is 32.3. The van der Waals surface area contributed by atoms with Crippen LogP contribution in [0.15, 0.2) is 78.9 Å². The van der Waals surface area contributed by atoms with Crippen molar-refractivity contribution < 1.29 is 22.7 Å². The molecule has 0 aliphatic heterocycles. The largest absolute Gasteiger partial charge is 0.489 e. The van der Waals surface area contributed by atoms with Crippen molar-refractivity contribution in [3.05, 3.63) is 95.0 Å². The third-order valence-electron chi connectivity index (χ3n) is 5.95. The molecule has 0 aromatic heterocycles. The highest BCUT2D eigenvalue weighted by molar-refractivity contribution is 7.92. The number of hydrogen-bond acceptors (Lipinski definition) is 5. The number of nitrogens with one attached hydrogen (secondary N) is 1. The van der Waals surface area contributed by atoms with Gasteiger partial charge in [0, 0.05) is 18.6 Å². The molecular weight excluding hydrogens is 526 g/mol. The molecule has 38 heavy (non-hydrogen) atoms. The molecule has 2 amide bonds. The fraction of sp³-hybridized carbons (Fsp3) is 0.286. The Labute approximate surface area is 229 Å². The van der Waals surface area contributed by atoms with Crippen molar-refractivity contribution in [2.45, 2.75) is 32.5 Å². The molecule has 10 heteroatoms. The van der Waals surface area contributed by atoms with Crippen molar-refractivity contribution in [1.82, 2.24) is 10.2 Å². The molecule has 0 aliphatic carbocycles. The minimum absolute atomic E-state index is 0.117. The molecule has 1 atom stereocenters. The van der Waals surface area contributed by atoms with Gasteiger partial charge >= 0.3 is 0 Å². The smallest absolute Gasteiger partial charge is 0.244 e. The molecule has 0 fully saturated rings. The van der Waals surface area contributed by atoms with Gasteiger partial charge in [0.2, 0.25) is 21.8 Å². The summed E-state index contributed by atoms with van der Waals surface area (Å²) in [5, 5.41) is 3.14. The maximum absolute atomic E-state index is 13.6. The highest BCUT2D eigenvalue weighted by atomic mass is 35.5. The van der Waals surface area contributed by atoms with E-state index in [1.54, 1.807) is 55.5 Å². The van der Waals surface area contributed by atoms with Gasteiger partial charge in [0.25, 0.3) is 0 Å². The van der Waals surface area contributed by atoms with Gasteiger partial charge in [-0.3, -0.25) is 13.9 Å². The fourth-order valence-electron chi connectivity index (χ4n) is 3.94. The molecule has 3 aromatic carbocycles. The fourth-order valence-corrected chi connectivity index (χ4v) is 4.91. The number of nitrogens with zero attached hydrogens (tertiary/aromatic N) is 2. The minimum atomic E-state index is -3.82. The minimum Gasteiger partial charge on any atom is -0.489 e. The second-order valence-electron chi connectivity index (χ2n) is 8.72. The second-order valence-corrected chi connectivity index (χ2v) is 11.1. The quantitative estimate of drug-likeness (QED) is 0.359. The highest BCUT2D eigenvalue weighted by Gasteiger charge is 2.31. The Morgan fingerprint density at radius 1 is 0.947 bits per heavy atom.